The van der Waals surface area contributed by atoms with Crippen molar-refractivity contribution < 1.29 is 0 Å². The number of nitrogens with one attached hydrogen (secondary N) is 1. The Morgan fingerprint density at radius 1 is 1.24 bits per heavy atom. The minimum absolute atomic E-state index is 0.499. The van der Waals surface area contributed by atoms with Gasteiger partial charge in [0.15, 0.2) is 0 Å². The summed E-state index contributed by atoms with van der Waals surface area (Å²) in [5.74, 6) is 1.99. The predicted molar refractivity (Wildman–Crippen MR) is 77.5 cm³/mol. The maximum absolute atomic E-state index is 3.81. The van der Waals surface area contributed by atoms with Crippen molar-refractivity contribution in [1.82, 2.24) is 5.32 Å². The Hall–Kier alpha value is -0.470. The van der Waals surface area contributed by atoms with Gasteiger partial charge in [-0.2, -0.15) is 11.8 Å². The Kier molecular flexibility index (Phi) is 4.52. The Bertz CT molecular complexity index is 336. The van der Waals surface area contributed by atoms with Crippen LogP contribution in [0.2, 0.25) is 0 Å². The lowest BCUT2D eigenvalue weighted by molar-refractivity contribution is 0.406. The Morgan fingerprint density at radius 3 is 2.59 bits per heavy atom. The SMILES string of the molecule is CC1CCSC(C(C)C)C(c2ccccc2)N1. The van der Waals surface area contributed by atoms with E-state index < -0.39 is 0 Å². The van der Waals surface area contributed by atoms with E-state index in [1.165, 1.54) is 17.7 Å². The average molecular weight is 249 g/mol. The molecule has 1 fully saturated rings. The summed E-state index contributed by atoms with van der Waals surface area (Å²) < 4.78 is 0. The van der Waals surface area contributed by atoms with Crippen LogP contribution in [-0.4, -0.2) is 17.0 Å². The van der Waals surface area contributed by atoms with Gasteiger partial charge >= 0.3 is 0 Å². The Balaban J connectivity index is 2.24. The van der Waals surface area contributed by atoms with Gasteiger partial charge in [-0.25, -0.2) is 0 Å². The average Bonchev–Trinajstić information content (AvgIpc) is 2.52. The number of benzene rings is 1. The highest BCUT2D eigenvalue weighted by molar-refractivity contribution is 7.99. The third kappa shape index (κ3) is 3.26. The third-order valence-electron chi connectivity index (χ3n) is 3.47. The first-order valence-electron chi connectivity index (χ1n) is 6.61. The van der Waals surface area contributed by atoms with E-state index >= 15 is 0 Å². The van der Waals surface area contributed by atoms with Crippen LogP contribution in [0.3, 0.4) is 0 Å². The molecule has 0 bridgehead atoms. The van der Waals surface area contributed by atoms with Crippen LogP contribution in [0.15, 0.2) is 30.3 Å². The van der Waals surface area contributed by atoms with Crippen molar-refractivity contribution in [3.05, 3.63) is 35.9 Å². The van der Waals surface area contributed by atoms with Crippen molar-refractivity contribution in [3.63, 3.8) is 0 Å². The molecule has 2 heteroatoms. The van der Waals surface area contributed by atoms with Crippen molar-refractivity contribution >= 4 is 11.8 Å². The van der Waals surface area contributed by atoms with Crippen LogP contribution in [0.5, 0.6) is 0 Å². The first kappa shape index (κ1) is 13.0. The van der Waals surface area contributed by atoms with Crippen LogP contribution in [0.4, 0.5) is 0 Å². The van der Waals surface area contributed by atoms with E-state index in [1.54, 1.807) is 0 Å². The van der Waals surface area contributed by atoms with E-state index in [0.29, 0.717) is 23.3 Å². The molecule has 94 valence electrons. The summed E-state index contributed by atoms with van der Waals surface area (Å²) in [6.07, 6.45) is 1.28. The lowest BCUT2D eigenvalue weighted by atomic mass is 9.95. The molecular formula is C15H23NS. The topological polar surface area (TPSA) is 12.0 Å². The normalized spacial score (nSPS) is 30.2. The first-order valence-corrected chi connectivity index (χ1v) is 7.66. The van der Waals surface area contributed by atoms with Gasteiger partial charge in [-0.1, -0.05) is 44.2 Å². The minimum atomic E-state index is 0.499. The second-order valence-corrected chi connectivity index (χ2v) is 6.61. The zero-order valence-electron chi connectivity index (χ0n) is 11.0. The summed E-state index contributed by atoms with van der Waals surface area (Å²) in [5, 5.41) is 4.49. The van der Waals surface area contributed by atoms with Crippen LogP contribution in [0.25, 0.3) is 0 Å². The van der Waals surface area contributed by atoms with Gasteiger partial charge in [-0.15, -0.1) is 0 Å². The fraction of sp³-hybridized carbons (Fsp3) is 0.600. The van der Waals surface area contributed by atoms with Crippen molar-refractivity contribution in [2.45, 2.75) is 44.5 Å². The standard InChI is InChI=1S/C15H23NS/c1-11(2)15-14(13-7-5-4-6-8-13)16-12(3)9-10-17-15/h4-8,11-12,14-16H,9-10H2,1-3H3. The molecule has 1 nitrogen and oxygen atoms in total. The van der Waals surface area contributed by atoms with Crippen molar-refractivity contribution in [1.29, 1.82) is 0 Å². The second kappa shape index (κ2) is 5.92. The van der Waals surface area contributed by atoms with E-state index in [9.17, 15) is 0 Å². The summed E-state index contributed by atoms with van der Waals surface area (Å²) in [7, 11) is 0. The first-order chi connectivity index (χ1) is 8.18. The molecule has 1 N–H and O–H groups in total. The molecule has 1 aliphatic heterocycles. The lowest BCUT2D eigenvalue weighted by Gasteiger charge is -2.30. The van der Waals surface area contributed by atoms with Gasteiger partial charge in [0.1, 0.15) is 0 Å². The molecule has 0 aromatic heterocycles. The van der Waals surface area contributed by atoms with E-state index in [-0.39, 0.29) is 0 Å². The molecule has 1 saturated heterocycles. The molecule has 2 rings (SSSR count). The summed E-state index contributed by atoms with van der Waals surface area (Å²) in [6.45, 7) is 6.98. The molecule has 1 aliphatic rings. The maximum Gasteiger partial charge on any atom is 0.0445 e. The van der Waals surface area contributed by atoms with Gasteiger partial charge in [0.25, 0.3) is 0 Å². The van der Waals surface area contributed by atoms with Crippen LogP contribution >= 0.6 is 11.8 Å². The van der Waals surface area contributed by atoms with Crippen LogP contribution in [-0.2, 0) is 0 Å². The van der Waals surface area contributed by atoms with Gasteiger partial charge in [-0.3, -0.25) is 0 Å². The molecule has 0 aliphatic carbocycles. The second-order valence-electron chi connectivity index (χ2n) is 5.32. The van der Waals surface area contributed by atoms with Gasteiger partial charge in [0.2, 0.25) is 0 Å². The van der Waals surface area contributed by atoms with Gasteiger partial charge < -0.3 is 5.32 Å². The molecular weight excluding hydrogens is 226 g/mol. The zero-order valence-corrected chi connectivity index (χ0v) is 11.8. The molecule has 0 saturated carbocycles. The van der Waals surface area contributed by atoms with Crippen molar-refractivity contribution in [2.24, 2.45) is 5.92 Å². The molecule has 3 unspecified atom stereocenters. The van der Waals surface area contributed by atoms with E-state index in [2.05, 4.69) is 68.2 Å². The molecule has 0 spiro atoms. The highest BCUT2D eigenvalue weighted by atomic mass is 32.2. The quantitative estimate of drug-likeness (QED) is 0.854. The molecule has 0 radical (unpaired) electrons. The Morgan fingerprint density at radius 2 is 1.94 bits per heavy atom. The predicted octanol–water partition coefficient (Wildman–Crippen LogP) is 3.87. The molecule has 1 heterocycles. The summed E-state index contributed by atoms with van der Waals surface area (Å²) >= 11 is 2.14. The van der Waals surface area contributed by atoms with Gasteiger partial charge in [0.05, 0.1) is 0 Å². The highest BCUT2D eigenvalue weighted by Crippen LogP contribution is 2.35. The van der Waals surface area contributed by atoms with E-state index in [1.807, 2.05) is 0 Å². The molecule has 17 heavy (non-hydrogen) atoms. The lowest BCUT2D eigenvalue weighted by Crippen LogP contribution is -2.36. The number of thioether (sulfide) groups is 1. The van der Waals surface area contributed by atoms with Crippen LogP contribution in [0.1, 0.15) is 38.8 Å². The zero-order chi connectivity index (χ0) is 12.3. The van der Waals surface area contributed by atoms with Crippen LogP contribution < -0.4 is 5.32 Å². The van der Waals surface area contributed by atoms with Crippen molar-refractivity contribution in [2.75, 3.05) is 5.75 Å². The summed E-state index contributed by atoms with van der Waals surface area (Å²) in [6, 6.07) is 12.0. The molecule has 3 atom stereocenters. The summed E-state index contributed by atoms with van der Waals surface area (Å²) in [4.78, 5) is 0. The highest BCUT2D eigenvalue weighted by Gasteiger charge is 2.29. The fourth-order valence-electron chi connectivity index (χ4n) is 2.49. The third-order valence-corrected chi connectivity index (χ3v) is 5.14. The van der Waals surface area contributed by atoms with Crippen LogP contribution in [0, 0.1) is 5.92 Å². The summed E-state index contributed by atoms with van der Waals surface area (Å²) in [5.41, 5.74) is 1.44. The maximum atomic E-state index is 3.81. The molecule has 0 amide bonds. The van der Waals surface area contributed by atoms with Gasteiger partial charge in [-0.05, 0) is 30.6 Å². The number of rotatable bonds is 2. The van der Waals surface area contributed by atoms with Crippen molar-refractivity contribution in [3.8, 4) is 0 Å². The Labute approximate surface area is 109 Å². The van der Waals surface area contributed by atoms with E-state index in [0.717, 1.165) is 0 Å². The number of hydrogen-bond acceptors (Lipinski definition) is 2. The monoisotopic (exact) mass is 249 g/mol. The molecule has 1 aromatic rings. The number of hydrogen-bond donors (Lipinski definition) is 1. The molecule has 1 aromatic carbocycles. The fourth-order valence-corrected chi connectivity index (χ4v) is 4.06. The van der Waals surface area contributed by atoms with E-state index in [4.69, 9.17) is 0 Å². The largest absolute Gasteiger partial charge is 0.306 e. The minimum Gasteiger partial charge on any atom is -0.306 e. The van der Waals surface area contributed by atoms with Gasteiger partial charge in [0, 0.05) is 17.3 Å². The smallest absolute Gasteiger partial charge is 0.0445 e.